The molecular formula is C6H2Li2O4S. The van der Waals surface area contributed by atoms with Crippen LogP contribution in [0.25, 0.3) is 0 Å². The summed E-state index contributed by atoms with van der Waals surface area (Å²) in [6.45, 7) is 0. The van der Waals surface area contributed by atoms with E-state index in [0.717, 1.165) is 0 Å². The van der Waals surface area contributed by atoms with Crippen molar-refractivity contribution in [2.24, 2.45) is 0 Å². The Morgan fingerprint density at radius 1 is 1.00 bits per heavy atom. The van der Waals surface area contributed by atoms with Gasteiger partial charge in [-0.3, -0.25) is 0 Å². The first-order chi connectivity index (χ1) is 5.11. The van der Waals surface area contributed by atoms with Gasteiger partial charge < -0.3 is 19.8 Å². The summed E-state index contributed by atoms with van der Waals surface area (Å²) in [6.07, 6.45) is 0. The van der Waals surface area contributed by atoms with E-state index in [4.69, 9.17) is 0 Å². The number of carbonyl (C=O) groups is 2. The van der Waals surface area contributed by atoms with Crippen LogP contribution in [0.2, 0.25) is 0 Å². The fraction of sp³-hybridized carbons (Fsp3) is 0. The third kappa shape index (κ3) is 4.04. The smallest absolute Gasteiger partial charge is 0.544 e. The largest absolute Gasteiger partial charge is 1.00 e. The summed E-state index contributed by atoms with van der Waals surface area (Å²) < 4.78 is 0. The van der Waals surface area contributed by atoms with E-state index in [9.17, 15) is 19.8 Å². The minimum Gasteiger partial charge on any atom is -0.544 e. The van der Waals surface area contributed by atoms with Gasteiger partial charge in [0.05, 0.1) is 21.7 Å². The van der Waals surface area contributed by atoms with Crippen molar-refractivity contribution in [3.8, 4) is 0 Å². The molecule has 1 aromatic heterocycles. The standard InChI is InChI=1S/C6H4O4S.2Li/c7-5(8)3-1-2-4(11-3)6(9)10;;/h1-2H,(H,7,8)(H,9,10);;/q;2*+1/p-2. The molecule has 0 N–H and O–H groups in total. The molecule has 4 nitrogen and oxygen atoms in total. The molecule has 0 radical (unpaired) electrons. The molecule has 0 aliphatic rings. The van der Waals surface area contributed by atoms with Gasteiger partial charge in [0.1, 0.15) is 0 Å². The van der Waals surface area contributed by atoms with Gasteiger partial charge in [-0.2, -0.15) is 0 Å². The summed E-state index contributed by atoms with van der Waals surface area (Å²) in [6, 6.07) is 2.34. The molecule has 0 spiro atoms. The Morgan fingerprint density at radius 2 is 1.31 bits per heavy atom. The van der Waals surface area contributed by atoms with E-state index in [2.05, 4.69) is 0 Å². The van der Waals surface area contributed by atoms with E-state index in [1.165, 1.54) is 12.1 Å². The number of hydrogen-bond donors (Lipinski definition) is 0. The van der Waals surface area contributed by atoms with Gasteiger partial charge in [-0.15, -0.1) is 11.3 Å². The topological polar surface area (TPSA) is 80.3 Å². The van der Waals surface area contributed by atoms with Gasteiger partial charge in [0, 0.05) is 0 Å². The van der Waals surface area contributed by atoms with Crippen molar-refractivity contribution in [3.05, 3.63) is 21.9 Å². The summed E-state index contributed by atoms with van der Waals surface area (Å²) in [7, 11) is 0. The van der Waals surface area contributed by atoms with Crippen molar-refractivity contribution in [2.45, 2.75) is 0 Å². The Morgan fingerprint density at radius 3 is 1.46 bits per heavy atom. The molecule has 0 unspecified atom stereocenters. The average molecular weight is 184 g/mol. The second kappa shape index (κ2) is 6.31. The zero-order valence-electron chi connectivity index (χ0n) is 7.20. The van der Waals surface area contributed by atoms with Gasteiger partial charge in [0.2, 0.25) is 0 Å². The summed E-state index contributed by atoms with van der Waals surface area (Å²) in [5.41, 5.74) is 0. The maximum absolute atomic E-state index is 10.1. The minimum atomic E-state index is -1.37. The Hall–Kier alpha value is -0.165. The predicted molar refractivity (Wildman–Crippen MR) is 33.0 cm³/mol. The summed E-state index contributed by atoms with van der Waals surface area (Å²) in [4.78, 5) is 20.0. The van der Waals surface area contributed by atoms with Crippen LogP contribution in [0, 0.1) is 0 Å². The molecule has 0 aromatic carbocycles. The monoisotopic (exact) mass is 184 g/mol. The number of hydrogen-bond acceptors (Lipinski definition) is 5. The second-order valence-electron chi connectivity index (χ2n) is 1.74. The van der Waals surface area contributed by atoms with Gasteiger partial charge in [-0.05, 0) is 12.1 Å². The summed E-state index contributed by atoms with van der Waals surface area (Å²) in [5, 5.41) is 20.2. The van der Waals surface area contributed by atoms with E-state index in [-0.39, 0.29) is 47.5 Å². The molecule has 7 heteroatoms. The van der Waals surface area contributed by atoms with E-state index in [1.54, 1.807) is 0 Å². The minimum absolute atomic E-state index is 0. The molecule has 1 heterocycles. The predicted octanol–water partition coefficient (Wildman–Crippen LogP) is -7.52. The van der Waals surface area contributed by atoms with Crippen molar-refractivity contribution in [1.29, 1.82) is 0 Å². The van der Waals surface area contributed by atoms with Crippen LogP contribution in [-0.2, 0) is 0 Å². The quantitative estimate of drug-likeness (QED) is 0.427. The van der Waals surface area contributed by atoms with E-state index >= 15 is 0 Å². The molecule has 1 aromatic rings. The normalized spacial score (nSPS) is 8.00. The van der Waals surface area contributed by atoms with Crippen LogP contribution >= 0.6 is 11.3 Å². The Labute approximate surface area is 102 Å². The molecular weight excluding hydrogens is 182 g/mol. The van der Waals surface area contributed by atoms with Crippen LogP contribution < -0.4 is 47.9 Å². The molecule has 1 rings (SSSR count). The van der Waals surface area contributed by atoms with Crippen molar-refractivity contribution in [3.63, 3.8) is 0 Å². The molecule has 0 saturated carbocycles. The van der Waals surface area contributed by atoms with Gasteiger partial charge in [0.15, 0.2) is 0 Å². The fourth-order valence-electron chi connectivity index (χ4n) is 0.557. The number of carboxylic acids is 2. The maximum atomic E-state index is 10.1. The number of rotatable bonds is 2. The molecule has 0 aliphatic carbocycles. The zero-order chi connectivity index (χ0) is 8.43. The number of aromatic carboxylic acids is 2. The van der Waals surface area contributed by atoms with E-state index in [0.29, 0.717) is 11.3 Å². The van der Waals surface area contributed by atoms with Gasteiger partial charge in [0.25, 0.3) is 0 Å². The Bertz CT molecular complexity index is 281. The molecule has 0 amide bonds. The summed E-state index contributed by atoms with van der Waals surface area (Å²) >= 11 is 0.625. The Balaban J connectivity index is 0. The fourth-order valence-corrected chi connectivity index (χ4v) is 1.23. The maximum Gasteiger partial charge on any atom is 1.00 e. The van der Waals surface area contributed by atoms with Gasteiger partial charge in [-0.1, -0.05) is 0 Å². The van der Waals surface area contributed by atoms with Gasteiger partial charge >= 0.3 is 37.7 Å². The third-order valence-corrected chi connectivity index (χ3v) is 2.05. The molecule has 0 aliphatic heterocycles. The number of thiophene rings is 1. The number of carboxylic acid groups (broad SMARTS) is 2. The van der Waals surface area contributed by atoms with E-state index < -0.39 is 11.9 Å². The molecule has 0 atom stereocenters. The average Bonchev–Trinajstić information content (AvgIpc) is 2.33. The van der Waals surface area contributed by atoms with Crippen LogP contribution in [0.15, 0.2) is 12.1 Å². The third-order valence-electron chi connectivity index (χ3n) is 1.01. The zero-order valence-corrected chi connectivity index (χ0v) is 8.01. The molecule has 0 saturated heterocycles. The van der Waals surface area contributed by atoms with Crippen molar-refractivity contribution < 1.29 is 57.5 Å². The summed E-state index contributed by atoms with van der Waals surface area (Å²) in [5.74, 6) is -2.75. The van der Waals surface area contributed by atoms with Crippen LogP contribution in [0.5, 0.6) is 0 Å². The Kier molecular flexibility index (Phi) is 7.44. The SMILES string of the molecule is O=C([O-])c1ccc(C(=O)[O-])s1.[Li+].[Li+]. The van der Waals surface area contributed by atoms with Gasteiger partial charge in [-0.25, -0.2) is 0 Å². The van der Waals surface area contributed by atoms with Crippen LogP contribution in [0.1, 0.15) is 19.3 Å². The first-order valence-corrected chi connectivity index (χ1v) is 3.45. The second-order valence-corrected chi connectivity index (χ2v) is 2.82. The van der Waals surface area contributed by atoms with Crippen molar-refractivity contribution in [1.82, 2.24) is 0 Å². The van der Waals surface area contributed by atoms with Crippen molar-refractivity contribution >= 4 is 23.3 Å². The number of carbonyl (C=O) groups excluding carboxylic acids is 2. The molecule has 13 heavy (non-hydrogen) atoms. The first-order valence-electron chi connectivity index (χ1n) is 2.64. The molecule has 0 fully saturated rings. The molecule has 58 valence electrons. The molecule has 0 bridgehead atoms. The van der Waals surface area contributed by atoms with Crippen molar-refractivity contribution in [2.75, 3.05) is 0 Å². The first kappa shape index (κ1) is 15.3. The van der Waals surface area contributed by atoms with Crippen LogP contribution in [0.4, 0.5) is 0 Å². The van der Waals surface area contributed by atoms with Crippen LogP contribution in [-0.4, -0.2) is 11.9 Å². The van der Waals surface area contributed by atoms with E-state index in [1.807, 2.05) is 0 Å². The van der Waals surface area contributed by atoms with Crippen LogP contribution in [0.3, 0.4) is 0 Å².